The quantitative estimate of drug-likeness (QED) is 0.403. The van der Waals surface area contributed by atoms with Crippen LogP contribution in [-0.4, -0.2) is 32.5 Å². The first kappa shape index (κ1) is 25.6. The molecule has 1 aliphatic carbocycles. The number of nitrogens with one attached hydrogen (secondary N) is 1. The fourth-order valence-electron chi connectivity index (χ4n) is 4.03. The van der Waals surface area contributed by atoms with Gasteiger partial charge in [0.2, 0.25) is 5.91 Å². The molecule has 0 heterocycles. The van der Waals surface area contributed by atoms with E-state index < -0.39 is 9.84 Å². The maximum absolute atomic E-state index is 13.2. The van der Waals surface area contributed by atoms with Gasteiger partial charge in [-0.1, -0.05) is 44.2 Å². The average Bonchev–Trinajstić information content (AvgIpc) is 3.66. The average molecular weight is 505 g/mol. The highest BCUT2D eigenvalue weighted by molar-refractivity contribution is 7.91. The minimum absolute atomic E-state index is 0.0931. The van der Waals surface area contributed by atoms with E-state index in [0.29, 0.717) is 34.5 Å². The smallest absolute Gasteiger partial charge is 0.258 e. The molecule has 3 aromatic rings. The number of carbonyl (C=O) groups is 2. The highest BCUT2D eigenvalue weighted by Crippen LogP contribution is 2.32. The zero-order valence-electron chi connectivity index (χ0n) is 20.7. The van der Waals surface area contributed by atoms with Gasteiger partial charge < -0.3 is 10.2 Å². The van der Waals surface area contributed by atoms with E-state index in [1.807, 2.05) is 30.3 Å². The highest BCUT2D eigenvalue weighted by Gasteiger charge is 2.29. The van der Waals surface area contributed by atoms with Crippen molar-refractivity contribution in [2.24, 2.45) is 11.8 Å². The largest absolute Gasteiger partial charge is 0.326 e. The molecule has 1 fully saturated rings. The molecule has 3 aromatic carbocycles. The van der Waals surface area contributed by atoms with Gasteiger partial charge in [0.05, 0.1) is 17.1 Å². The van der Waals surface area contributed by atoms with Gasteiger partial charge in [-0.05, 0) is 78.8 Å². The zero-order valence-corrected chi connectivity index (χ0v) is 21.5. The summed E-state index contributed by atoms with van der Waals surface area (Å²) in [6.45, 7) is 4.74. The normalized spacial score (nSPS) is 13.4. The van der Waals surface area contributed by atoms with Crippen molar-refractivity contribution < 1.29 is 18.0 Å². The molecule has 1 saturated carbocycles. The number of sulfone groups is 1. The predicted octanol–water partition coefficient (Wildman–Crippen LogP) is 5.35. The van der Waals surface area contributed by atoms with Gasteiger partial charge in [-0.2, -0.15) is 0 Å². The Kier molecular flexibility index (Phi) is 7.89. The standard InChI is InChI=1S/C29H32N2O4S/c1-21(2)19-31(26-6-4-3-5-7-26)29(33)24-12-14-25(15-13-24)30-28(32)18-22-10-16-27(17-11-22)36(34,35)20-23-8-9-23/h3-7,10-17,21,23H,8-9,18-20H2,1-2H3,(H,30,32). The molecule has 0 atom stereocenters. The van der Waals surface area contributed by atoms with E-state index in [9.17, 15) is 18.0 Å². The number of carbonyl (C=O) groups excluding carboxylic acids is 2. The van der Waals surface area contributed by atoms with Crippen molar-refractivity contribution >= 4 is 33.0 Å². The van der Waals surface area contributed by atoms with Crippen LogP contribution in [0.3, 0.4) is 0 Å². The molecule has 0 aromatic heterocycles. The van der Waals surface area contributed by atoms with E-state index >= 15 is 0 Å². The maximum atomic E-state index is 13.2. The van der Waals surface area contributed by atoms with Gasteiger partial charge >= 0.3 is 0 Å². The molecule has 1 aliphatic rings. The van der Waals surface area contributed by atoms with E-state index in [1.54, 1.807) is 53.4 Å². The van der Waals surface area contributed by atoms with Crippen molar-refractivity contribution in [3.05, 3.63) is 90.0 Å². The second-order valence-electron chi connectivity index (χ2n) is 9.82. The number of anilines is 2. The second kappa shape index (κ2) is 11.1. The molecule has 0 aliphatic heterocycles. The summed E-state index contributed by atoms with van der Waals surface area (Å²) in [4.78, 5) is 27.8. The Morgan fingerprint density at radius 3 is 2.14 bits per heavy atom. The van der Waals surface area contributed by atoms with Crippen LogP contribution in [-0.2, 0) is 21.1 Å². The van der Waals surface area contributed by atoms with Crippen molar-refractivity contribution in [3.8, 4) is 0 Å². The van der Waals surface area contributed by atoms with Crippen LogP contribution in [0.5, 0.6) is 0 Å². The number of nitrogens with zero attached hydrogens (tertiary/aromatic N) is 1. The molecule has 4 rings (SSSR count). The molecule has 2 amide bonds. The number of hydrogen-bond acceptors (Lipinski definition) is 4. The van der Waals surface area contributed by atoms with Gasteiger partial charge in [0.15, 0.2) is 9.84 Å². The van der Waals surface area contributed by atoms with Gasteiger partial charge in [-0.25, -0.2) is 8.42 Å². The molecule has 0 saturated heterocycles. The van der Waals surface area contributed by atoms with Gasteiger partial charge in [0, 0.05) is 23.5 Å². The monoisotopic (exact) mass is 504 g/mol. The summed E-state index contributed by atoms with van der Waals surface area (Å²) in [5, 5.41) is 2.85. The van der Waals surface area contributed by atoms with Crippen LogP contribution in [0.25, 0.3) is 0 Å². The van der Waals surface area contributed by atoms with Crippen LogP contribution in [0.1, 0.15) is 42.6 Å². The number of benzene rings is 3. The number of rotatable bonds is 10. The van der Waals surface area contributed by atoms with Crippen LogP contribution in [0.15, 0.2) is 83.8 Å². The fourth-order valence-corrected chi connectivity index (χ4v) is 5.72. The summed E-state index contributed by atoms with van der Waals surface area (Å²) in [5.74, 6) is 0.489. The summed E-state index contributed by atoms with van der Waals surface area (Å²) in [6, 6.07) is 23.0. The third kappa shape index (κ3) is 6.82. The van der Waals surface area contributed by atoms with E-state index in [1.165, 1.54) is 0 Å². The molecule has 6 nitrogen and oxygen atoms in total. The Morgan fingerprint density at radius 1 is 0.917 bits per heavy atom. The lowest BCUT2D eigenvalue weighted by Crippen LogP contribution is -2.34. The molecule has 0 radical (unpaired) electrons. The molecule has 0 bridgehead atoms. The molecule has 1 N–H and O–H groups in total. The molecule has 0 spiro atoms. The van der Waals surface area contributed by atoms with Crippen LogP contribution in [0.2, 0.25) is 0 Å². The lowest BCUT2D eigenvalue weighted by Gasteiger charge is -2.25. The Bertz CT molecular complexity index is 1300. The van der Waals surface area contributed by atoms with E-state index in [-0.39, 0.29) is 24.0 Å². The first-order valence-corrected chi connectivity index (χ1v) is 13.9. The Labute approximate surface area is 213 Å². The fraction of sp³-hybridized carbons (Fsp3) is 0.310. The second-order valence-corrected chi connectivity index (χ2v) is 11.9. The van der Waals surface area contributed by atoms with Crippen molar-refractivity contribution in [3.63, 3.8) is 0 Å². The highest BCUT2D eigenvalue weighted by atomic mass is 32.2. The first-order chi connectivity index (χ1) is 17.2. The maximum Gasteiger partial charge on any atom is 0.258 e. The predicted molar refractivity (Wildman–Crippen MR) is 143 cm³/mol. The van der Waals surface area contributed by atoms with E-state index in [4.69, 9.17) is 0 Å². The van der Waals surface area contributed by atoms with E-state index in [0.717, 1.165) is 24.1 Å². The topological polar surface area (TPSA) is 83.6 Å². The number of para-hydroxylation sites is 1. The summed E-state index contributed by atoms with van der Waals surface area (Å²) in [7, 11) is -3.26. The third-order valence-corrected chi connectivity index (χ3v) is 7.98. The SMILES string of the molecule is CC(C)CN(C(=O)c1ccc(NC(=O)Cc2ccc(S(=O)(=O)CC3CC3)cc2)cc1)c1ccccc1. The third-order valence-electron chi connectivity index (χ3n) is 6.08. The molecular formula is C29H32N2O4S. The minimum Gasteiger partial charge on any atom is -0.326 e. The van der Waals surface area contributed by atoms with Crippen LogP contribution >= 0.6 is 0 Å². The van der Waals surface area contributed by atoms with Gasteiger partial charge in [-0.3, -0.25) is 9.59 Å². The minimum atomic E-state index is -3.26. The van der Waals surface area contributed by atoms with Crippen molar-refractivity contribution in [1.82, 2.24) is 0 Å². The molecular weight excluding hydrogens is 472 g/mol. The lowest BCUT2D eigenvalue weighted by atomic mass is 10.1. The summed E-state index contributed by atoms with van der Waals surface area (Å²) >= 11 is 0. The summed E-state index contributed by atoms with van der Waals surface area (Å²) in [5.41, 5.74) is 2.72. The van der Waals surface area contributed by atoms with Gasteiger partial charge in [0.1, 0.15) is 0 Å². The Balaban J connectivity index is 1.37. The molecule has 188 valence electrons. The summed E-state index contributed by atoms with van der Waals surface area (Å²) in [6.07, 6.45) is 2.09. The van der Waals surface area contributed by atoms with Gasteiger partial charge in [-0.15, -0.1) is 0 Å². The van der Waals surface area contributed by atoms with E-state index in [2.05, 4.69) is 19.2 Å². The zero-order chi connectivity index (χ0) is 25.7. The van der Waals surface area contributed by atoms with Crippen LogP contribution in [0, 0.1) is 11.8 Å². The van der Waals surface area contributed by atoms with Crippen molar-refractivity contribution in [2.75, 3.05) is 22.5 Å². The van der Waals surface area contributed by atoms with Crippen LogP contribution < -0.4 is 10.2 Å². The van der Waals surface area contributed by atoms with Gasteiger partial charge in [0.25, 0.3) is 5.91 Å². The molecule has 36 heavy (non-hydrogen) atoms. The van der Waals surface area contributed by atoms with Crippen LogP contribution in [0.4, 0.5) is 11.4 Å². The molecule has 0 unspecified atom stereocenters. The summed E-state index contributed by atoms with van der Waals surface area (Å²) < 4.78 is 24.8. The van der Waals surface area contributed by atoms with Crippen molar-refractivity contribution in [1.29, 1.82) is 0 Å². The lowest BCUT2D eigenvalue weighted by molar-refractivity contribution is -0.115. The number of hydrogen-bond donors (Lipinski definition) is 1. The Morgan fingerprint density at radius 2 is 1.56 bits per heavy atom. The number of amides is 2. The molecule has 7 heteroatoms. The Hall–Kier alpha value is -3.45. The first-order valence-electron chi connectivity index (χ1n) is 12.3. The van der Waals surface area contributed by atoms with Crippen molar-refractivity contribution in [2.45, 2.75) is 38.0 Å².